The lowest BCUT2D eigenvalue weighted by Crippen LogP contribution is -2.11. The Balaban J connectivity index is 2.89. The highest BCUT2D eigenvalue weighted by atomic mass is 14.8. The number of pyridine rings is 1. The summed E-state index contributed by atoms with van der Waals surface area (Å²) >= 11 is 0. The Bertz CT molecular complexity index is 421. The number of benzene rings is 1. The minimum absolute atomic E-state index is 0.714. The van der Waals surface area contributed by atoms with Gasteiger partial charge < -0.3 is 0 Å². The number of rotatable bonds is 0. The first-order valence-electron chi connectivity index (χ1n) is 3.94. The van der Waals surface area contributed by atoms with Crippen LogP contribution in [0.3, 0.4) is 0 Å². The Labute approximate surface area is 71.0 Å². The zero-order chi connectivity index (χ0) is 8.55. The van der Waals surface area contributed by atoms with Gasteiger partial charge in [-0.1, -0.05) is 18.2 Å². The summed E-state index contributed by atoms with van der Waals surface area (Å²) < 4.78 is 0. The Hall–Kier alpha value is -1.57. The van der Waals surface area contributed by atoms with Crippen LogP contribution in [0.5, 0.6) is 0 Å². The van der Waals surface area contributed by atoms with Crippen LogP contribution in [0.15, 0.2) is 30.3 Å². The van der Waals surface area contributed by atoms with Crippen LogP contribution in [0.4, 0.5) is 5.82 Å². The third-order valence-corrected chi connectivity index (χ3v) is 2.00. The molecule has 0 bridgehead atoms. The van der Waals surface area contributed by atoms with Gasteiger partial charge in [-0.05, 0) is 18.6 Å². The number of para-hydroxylation sites is 1. The summed E-state index contributed by atoms with van der Waals surface area (Å²) in [7, 11) is 0. The molecule has 0 fully saturated rings. The molecule has 0 aliphatic carbocycles. The third-order valence-electron chi connectivity index (χ3n) is 2.00. The number of aryl methyl sites for hydroxylation is 1. The van der Waals surface area contributed by atoms with Gasteiger partial charge in [0, 0.05) is 11.5 Å². The van der Waals surface area contributed by atoms with Gasteiger partial charge in [0.25, 0.3) is 5.82 Å². The molecule has 2 heteroatoms. The number of hydrogen-bond donors (Lipinski definition) is 1. The monoisotopic (exact) mass is 159 g/mol. The highest BCUT2D eigenvalue weighted by molar-refractivity contribution is 5.79. The predicted molar refractivity (Wildman–Crippen MR) is 49.7 cm³/mol. The number of aromatic nitrogens is 1. The minimum Gasteiger partial charge on any atom is -0.287 e. The lowest BCUT2D eigenvalue weighted by atomic mass is 10.1. The summed E-state index contributed by atoms with van der Waals surface area (Å²) in [6, 6.07) is 10.1. The van der Waals surface area contributed by atoms with Crippen LogP contribution in [-0.4, -0.2) is 0 Å². The molecule has 0 aliphatic heterocycles. The van der Waals surface area contributed by atoms with E-state index in [1.807, 2.05) is 24.3 Å². The molecule has 3 N–H and O–H groups in total. The van der Waals surface area contributed by atoms with Crippen molar-refractivity contribution in [2.45, 2.75) is 6.92 Å². The van der Waals surface area contributed by atoms with Crippen LogP contribution < -0.4 is 10.7 Å². The van der Waals surface area contributed by atoms with Crippen LogP contribution in [0.1, 0.15) is 5.56 Å². The molecular formula is C10H11N2+. The van der Waals surface area contributed by atoms with Crippen molar-refractivity contribution in [3.63, 3.8) is 0 Å². The largest absolute Gasteiger partial charge is 0.287 e. The molecule has 0 unspecified atom stereocenters. The molecule has 2 aromatic rings. The number of anilines is 1. The van der Waals surface area contributed by atoms with Crippen molar-refractivity contribution in [2.75, 3.05) is 5.73 Å². The van der Waals surface area contributed by atoms with Crippen molar-refractivity contribution in [3.8, 4) is 0 Å². The van der Waals surface area contributed by atoms with Crippen LogP contribution in [0.25, 0.3) is 10.9 Å². The van der Waals surface area contributed by atoms with Gasteiger partial charge in [-0.25, -0.2) is 4.98 Å². The highest BCUT2D eigenvalue weighted by Gasteiger charge is 2.01. The smallest absolute Gasteiger partial charge is 0.270 e. The number of H-pyrrole nitrogens is 1. The van der Waals surface area contributed by atoms with Gasteiger partial charge in [0.15, 0.2) is 0 Å². The zero-order valence-corrected chi connectivity index (χ0v) is 6.96. The van der Waals surface area contributed by atoms with Crippen molar-refractivity contribution in [2.24, 2.45) is 0 Å². The molecule has 0 radical (unpaired) electrons. The Morgan fingerprint density at radius 1 is 1.25 bits per heavy atom. The molecule has 60 valence electrons. The van der Waals surface area contributed by atoms with Gasteiger partial charge in [0.2, 0.25) is 0 Å². The number of nitrogens with one attached hydrogen (secondary N) is 1. The fraction of sp³-hybridized carbons (Fsp3) is 0.100. The van der Waals surface area contributed by atoms with Crippen molar-refractivity contribution in [3.05, 3.63) is 35.9 Å². The van der Waals surface area contributed by atoms with Gasteiger partial charge >= 0.3 is 0 Å². The van der Waals surface area contributed by atoms with Crippen LogP contribution in [-0.2, 0) is 0 Å². The van der Waals surface area contributed by atoms with E-state index < -0.39 is 0 Å². The second kappa shape index (κ2) is 2.48. The Morgan fingerprint density at radius 3 is 2.83 bits per heavy atom. The molecule has 1 aromatic carbocycles. The van der Waals surface area contributed by atoms with Gasteiger partial charge in [-0.3, -0.25) is 5.73 Å². The summed E-state index contributed by atoms with van der Waals surface area (Å²) in [6.45, 7) is 2.06. The van der Waals surface area contributed by atoms with E-state index in [4.69, 9.17) is 5.73 Å². The predicted octanol–water partition coefficient (Wildman–Crippen LogP) is 1.54. The molecule has 2 rings (SSSR count). The van der Waals surface area contributed by atoms with E-state index in [-0.39, 0.29) is 0 Å². The zero-order valence-electron chi connectivity index (χ0n) is 6.96. The number of nitrogens with two attached hydrogens (primary N) is 1. The summed E-state index contributed by atoms with van der Waals surface area (Å²) in [5.41, 5.74) is 7.97. The first-order chi connectivity index (χ1) is 5.77. The third kappa shape index (κ3) is 1.01. The van der Waals surface area contributed by atoms with Crippen LogP contribution in [0.2, 0.25) is 0 Å². The molecule has 0 amide bonds. The second-order valence-electron chi connectivity index (χ2n) is 2.95. The van der Waals surface area contributed by atoms with Crippen molar-refractivity contribution < 1.29 is 4.98 Å². The van der Waals surface area contributed by atoms with E-state index in [0.29, 0.717) is 5.82 Å². The maximum atomic E-state index is 5.67. The molecule has 2 nitrogen and oxygen atoms in total. The molecule has 0 saturated heterocycles. The maximum Gasteiger partial charge on any atom is 0.270 e. The number of nitrogen functional groups attached to an aromatic ring is 1. The van der Waals surface area contributed by atoms with Gasteiger partial charge in [0.05, 0.1) is 0 Å². The molecule has 0 saturated carbocycles. The summed E-state index contributed by atoms with van der Waals surface area (Å²) in [6.07, 6.45) is 0. The topological polar surface area (TPSA) is 40.2 Å². The van der Waals surface area contributed by atoms with Crippen LogP contribution >= 0.6 is 0 Å². The lowest BCUT2D eigenvalue weighted by molar-refractivity contribution is -0.326. The molecule has 0 aliphatic rings. The van der Waals surface area contributed by atoms with Crippen molar-refractivity contribution in [1.82, 2.24) is 0 Å². The van der Waals surface area contributed by atoms with Crippen molar-refractivity contribution >= 4 is 16.7 Å². The summed E-state index contributed by atoms with van der Waals surface area (Å²) in [4.78, 5) is 3.11. The van der Waals surface area contributed by atoms with E-state index in [9.17, 15) is 0 Å². The molecule has 12 heavy (non-hydrogen) atoms. The number of aromatic amines is 1. The maximum absolute atomic E-state index is 5.67. The quantitative estimate of drug-likeness (QED) is 0.622. The van der Waals surface area contributed by atoms with E-state index >= 15 is 0 Å². The van der Waals surface area contributed by atoms with Crippen LogP contribution in [0, 0.1) is 6.92 Å². The first-order valence-corrected chi connectivity index (χ1v) is 3.94. The fourth-order valence-corrected chi connectivity index (χ4v) is 1.44. The molecule has 0 atom stereocenters. The standard InChI is InChI=1S/C10H10N2/c1-7-6-10(11)12-9-5-3-2-4-8(7)9/h2-6H,1H3,(H2,11,12)/p+1. The normalized spacial score (nSPS) is 10.4. The molecular weight excluding hydrogens is 148 g/mol. The van der Waals surface area contributed by atoms with Gasteiger partial charge in [-0.2, -0.15) is 0 Å². The van der Waals surface area contributed by atoms with E-state index in [1.54, 1.807) is 0 Å². The van der Waals surface area contributed by atoms with E-state index in [1.165, 1.54) is 10.9 Å². The number of fused-ring (bicyclic) bond motifs is 1. The Kier molecular flexibility index (Phi) is 1.47. The van der Waals surface area contributed by atoms with Gasteiger partial charge in [-0.15, -0.1) is 0 Å². The average Bonchev–Trinajstić information content (AvgIpc) is 2.04. The number of hydrogen-bond acceptors (Lipinski definition) is 1. The molecule has 1 aromatic heterocycles. The molecule has 0 spiro atoms. The first kappa shape index (κ1) is 7.10. The summed E-state index contributed by atoms with van der Waals surface area (Å²) in [5, 5.41) is 1.23. The molecule has 1 heterocycles. The Morgan fingerprint density at radius 2 is 2.00 bits per heavy atom. The van der Waals surface area contributed by atoms with E-state index in [2.05, 4.69) is 18.0 Å². The average molecular weight is 159 g/mol. The highest BCUT2D eigenvalue weighted by Crippen LogP contribution is 2.14. The lowest BCUT2D eigenvalue weighted by Gasteiger charge is -1.98. The summed E-state index contributed by atoms with van der Waals surface area (Å²) in [5.74, 6) is 0.714. The van der Waals surface area contributed by atoms with E-state index in [0.717, 1.165) is 5.52 Å². The fourth-order valence-electron chi connectivity index (χ4n) is 1.44. The van der Waals surface area contributed by atoms with Gasteiger partial charge in [0.1, 0.15) is 5.52 Å². The SMILES string of the molecule is Cc1cc(N)[nH+]c2ccccc12. The van der Waals surface area contributed by atoms with Crippen molar-refractivity contribution in [1.29, 1.82) is 0 Å². The minimum atomic E-state index is 0.714. The second-order valence-corrected chi connectivity index (χ2v) is 2.95.